The average Bonchev–Trinajstić information content (AvgIpc) is 2.05. The van der Waals surface area contributed by atoms with Gasteiger partial charge < -0.3 is 0 Å². The van der Waals surface area contributed by atoms with Gasteiger partial charge in [0.2, 0.25) is 0 Å². The Morgan fingerprint density at radius 3 is 2.08 bits per heavy atom. The zero-order chi connectivity index (χ0) is 9.56. The van der Waals surface area contributed by atoms with E-state index in [0.717, 1.165) is 21.2 Å². The molecule has 0 aromatic carbocycles. The second-order valence-electron chi connectivity index (χ2n) is 2.48. The van der Waals surface area contributed by atoms with Crippen LogP contribution in [0.3, 0.4) is 0 Å². The fourth-order valence-corrected chi connectivity index (χ4v) is 4.97. The van der Waals surface area contributed by atoms with Gasteiger partial charge in [-0.25, -0.2) is 0 Å². The SMILES string of the molecule is CC/C=C(\C(=O)O)[As](CC)CC. The van der Waals surface area contributed by atoms with Crippen LogP contribution in [0.2, 0.25) is 10.4 Å². The molecule has 0 rings (SSSR count). The van der Waals surface area contributed by atoms with E-state index >= 15 is 0 Å². The summed E-state index contributed by atoms with van der Waals surface area (Å²) in [5, 5.41) is 11.0. The van der Waals surface area contributed by atoms with Gasteiger partial charge in [0.05, 0.1) is 0 Å². The second-order valence-corrected chi connectivity index (χ2v) is 8.41. The van der Waals surface area contributed by atoms with Crippen LogP contribution in [0.1, 0.15) is 27.2 Å². The molecule has 12 heavy (non-hydrogen) atoms. The summed E-state index contributed by atoms with van der Waals surface area (Å²) < 4.78 is 0.731. The molecule has 0 aromatic heterocycles. The van der Waals surface area contributed by atoms with Gasteiger partial charge in [-0.2, -0.15) is 0 Å². The molecule has 2 nitrogen and oxygen atoms in total. The molecule has 0 aromatic rings. The topological polar surface area (TPSA) is 37.3 Å². The summed E-state index contributed by atoms with van der Waals surface area (Å²) in [4.78, 5) is 10.8. The normalized spacial score (nSPS) is 12.2. The molecule has 1 N–H and O–H groups in total. The fourth-order valence-electron chi connectivity index (χ4n) is 1.11. The first-order valence-corrected chi connectivity index (χ1v) is 7.94. The zero-order valence-electron chi connectivity index (χ0n) is 8.00. The van der Waals surface area contributed by atoms with Gasteiger partial charge in [0.1, 0.15) is 0 Å². The number of hydrogen-bond donors (Lipinski definition) is 1. The standard InChI is InChI=1S/C9H17AsO2/c1-4-7-8(9(11)12)10(5-2)6-3/h7H,4-6H2,1-3H3,(H,11,12)/b8-7+. The van der Waals surface area contributed by atoms with E-state index in [2.05, 4.69) is 13.8 Å². The molecule has 0 saturated carbocycles. The number of aliphatic carboxylic acids is 1. The Hall–Kier alpha value is -0.232. The van der Waals surface area contributed by atoms with Gasteiger partial charge >= 0.3 is 78.6 Å². The van der Waals surface area contributed by atoms with E-state index in [1.54, 1.807) is 0 Å². The molecule has 70 valence electrons. The molecule has 3 heteroatoms. The van der Waals surface area contributed by atoms with Crippen molar-refractivity contribution in [3.63, 3.8) is 0 Å². The number of hydrogen-bond acceptors (Lipinski definition) is 1. The van der Waals surface area contributed by atoms with Crippen LogP contribution < -0.4 is 0 Å². The van der Waals surface area contributed by atoms with Crippen molar-refractivity contribution >= 4 is 20.6 Å². The number of carbonyl (C=O) groups is 1. The predicted molar refractivity (Wildman–Crippen MR) is 52.7 cm³/mol. The molecule has 0 atom stereocenters. The van der Waals surface area contributed by atoms with Crippen LogP contribution in [0.25, 0.3) is 0 Å². The Morgan fingerprint density at radius 2 is 1.83 bits per heavy atom. The molecular weight excluding hydrogens is 215 g/mol. The van der Waals surface area contributed by atoms with E-state index in [1.807, 2.05) is 13.0 Å². The van der Waals surface area contributed by atoms with Crippen molar-refractivity contribution in [2.75, 3.05) is 0 Å². The van der Waals surface area contributed by atoms with Crippen molar-refractivity contribution in [1.29, 1.82) is 0 Å². The van der Waals surface area contributed by atoms with Crippen molar-refractivity contribution in [3.8, 4) is 0 Å². The number of carboxylic acids is 1. The van der Waals surface area contributed by atoms with Gasteiger partial charge in [-0.1, -0.05) is 0 Å². The van der Waals surface area contributed by atoms with E-state index in [9.17, 15) is 4.79 Å². The molecular formula is C9H17AsO2. The van der Waals surface area contributed by atoms with Crippen LogP contribution >= 0.6 is 0 Å². The molecule has 0 spiro atoms. The van der Waals surface area contributed by atoms with Crippen LogP contribution in [-0.4, -0.2) is 25.7 Å². The number of carboxylic acid groups (broad SMARTS) is 1. The van der Waals surface area contributed by atoms with Crippen molar-refractivity contribution in [2.45, 2.75) is 37.6 Å². The van der Waals surface area contributed by atoms with E-state index in [0.29, 0.717) is 0 Å². The average molecular weight is 232 g/mol. The van der Waals surface area contributed by atoms with Crippen molar-refractivity contribution < 1.29 is 9.90 Å². The fraction of sp³-hybridized carbons (Fsp3) is 0.667. The quantitative estimate of drug-likeness (QED) is 0.584. The van der Waals surface area contributed by atoms with E-state index in [-0.39, 0.29) is 0 Å². The van der Waals surface area contributed by atoms with Crippen LogP contribution in [0, 0.1) is 0 Å². The molecule has 0 radical (unpaired) electrons. The third-order valence-corrected chi connectivity index (χ3v) is 7.14. The number of rotatable bonds is 5. The molecule has 0 aliphatic heterocycles. The first kappa shape index (κ1) is 11.8. The molecule has 0 unspecified atom stereocenters. The van der Waals surface area contributed by atoms with Crippen molar-refractivity contribution in [2.24, 2.45) is 0 Å². The van der Waals surface area contributed by atoms with E-state index in [4.69, 9.17) is 5.11 Å². The Labute approximate surface area is 78.9 Å². The monoisotopic (exact) mass is 232 g/mol. The van der Waals surface area contributed by atoms with Gasteiger partial charge in [-0.05, 0) is 0 Å². The van der Waals surface area contributed by atoms with Crippen molar-refractivity contribution in [1.82, 2.24) is 0 Å². The summed E-state index contributed by atoms with van der Waals surface area (Å²) in [6.07, 6.45) is 2.72. The first-order chi connectivity index (χ1) is 5.67. The second kappa shape index (κ2) is 6.30. The molecule has 0 saturated heterocycles. The predicted octanol–water partition coefficient (Wildman–Crippen LogP) is 2.48. The van der Waals surface area contributed by atoms with Gasteiger partial charge in [-0.15, -0.1) is 0 Å². The Balaban J connectivity index is 4.48. The minimum absolute atomic E-state index is 0.694. The molecule has 0 aliphatic carbocycles. The summed E-state index contributed by atoms with van der Waals surface area (Å²) in [7, 11) is 0. The Bertz CT molecular complexity index is 171. The van der Waals surface area contributed by atoms with E-state index in [1.165, 1.54) is 0 Å². The molecule has 0 bridgehead atoms. The number of allylic oxidation sites excluding steroid dienone is 1. The summed E-state index contributed by atoms with van der Waals surface area (Å²) in [6, 6.07) is 0. The summed E-state index contributed by atoms with van der Waals surface area (Å²) in [5.74, 6) is -0.694. The maximum absolute atomic E-state index is 10.8. The van der Waals surface area contributed by atoms with Crippen molar-refractivity contribution in [3.05, 3.63) is 10.4 Å². The third-order valence-electron chi connectivity index (χ3n) is 1.72. The van der Waals surface area contributed by atoms with Gasteiger partial charge in [0, 0.05) is 0 Å². The van der Waals surface area contributed by atoms with Gasteiger partial charge in [-0.3, -0.25) is 0 Å². The van der Waals surface area contributed by atoms with Crippen LogP contribution in [0.5, 0.6) is 0 Å². The molecule has 0 fully saturated rings. The minimum atomic E-state index is -1.19. The summed E-state index contributed by atoms with van der Waals surface area (Å²) in [6.45, 7) is 6.17. The van der Waals surface area contributed by atoms with Crippen LogP contribution in [-0.2, 0) is 4.79 Å². The molecule has 0 amide bonds. The van der Waals surface area contributed by atoms with Crippen LogP contribution in [0.15, 0.2) is 10.4 Å². The van der Waals surface area contributed by atoms with E-state index < -0.39 is 20.6 Å². The zero-order valence-corrected chi connectivity index (χ0v) is 9.88. The Morgan fingerprint density at radius 1 is 1.33 bits per heavy atom. The summed E-state index contributed by atoms with van der Waals surface area (Å²) in [5.41, 5.74) is 0. The van der Waals surface area contributed by atoms with Gasteiger partial charge in [0.25, 0.3) is 0 Å². The van der Waals surface area contributed by atoms with Crippen LogP contribution in [0.4, 0.5) is 0 Å². The molecule has 0 aliphatic rings. The van der Waals surface area contributed by atoms with Gasteiger partial charge in [0.15, 0.2) is 0 Å². The maximum atomic E-state index is 10.8. The first-order valence-electron chi connectivity index (χ1n) is 4.35. The summed E-state index contributed by atoms with van der Waals surface area (Å²) >= 11 is -1.19. The molecule has 0 heterocycles. The third kappa shape index (κ3) is 3.44. The Kier molecular flexibility index (Phi) is 6.18.